The van der Waals surface area contributed by atoms with Crippen molar-refractivity contribution in [3.63, 3.8) is 0 Å². The predicted molar refractivity (Wildman–Crippen MR) is 99.4 cm³/mol. The van der Waals surface area contributed by atoms with Gasteiger partial charge in [0.1, 0.15) is 0 Å². The van der Waals surface area contributed by atoms with Crippen molar-refractivity contribution in [2.24, 2.45) is 0 Å². The molecule has 1 aromatic rings. The number of benzene rings is 1. The molecule has 1 aromatic carbocycles. The summed E-state index contributed by atoms with van der Waals surface area (Å²) in [5.74, 6) is -0.00224. The molecule has 2 N–H and O–H groups in total. The lowest BCUT2D eigenvalue weighted by Gasteiger charge is -2.22. The highest BCUT2D eigenvalue weighted by atomic mass is 79.9. The van der Waals surface area contributed by atoms with Gasteiger partial charge in [0.25, 0.3) is 8.53 Å². The Morgan fingerprint density at radius 2 is 1.78 bits per heavy atom. The lowest BCUT2D eigenvalue weighted by Crippen LogP contribution is -2.19. The van der Waals surface area contributed by atoms with Crippen molar-refractivity contribution in [2.75, 3.05) is 11.9 Å². The van der Waals surface area contributed by atoms with Crippen LogP contribution in [0.2, 0.25) is 0 Å². The SMILES string of the molecule is CC(C)OP(NCCCC(=O)Nc1ccccc1Br)OC(C)C. The van der Waals surface area contributed by atoms with Crippen LogP contribution in [0.4, 0.5) is 5.69 Å². The number of halogens is 1. The van der Waals surface area contributed by atoms with Crippen LogP contribution >= 0.6 is 24.5 Å². The van der Waals surface area contributed by atoms with Crippen LogP contribution in [0.5, 0.6) is 0 Å². The zero-order valence-corrected chi connectivity index (χ0v) is 16.6. The molecule has 5 nitrogen and oxygen atoms in total. The number of hydrogen-bond donors (Lipinski definition) is 2. The highest BCUT2D eigenvalue weighted by Crippen LogP contribution is 2.36. The van der Waals surface area contributed by atoms with Gasteiger partial charge in [-0.2, -0.15) is 0 Å². The Bertz CT molecular complexity index is 476. The fourth-order valence-corrected chi connectivity index (χ4v) is 3.37. The third-order valence-corrected chi connectivity index (χ3v) is 4.98. The Morgan fingerprint density at radius 1 is 1.17 bits per heavy atom. The molecular weight excluding hydrogens is 379 g/mol. The van der Waals surface area contributed by atoms with E-state index in [0.29, 0.717) is 13.0 Å². The highest BCUT2D eigenvalue weighted by molar-refractivity contribution is 9.10. The molecule has 0 unspecified atom stereocenters. The molecule has 0 saturated heterocycles. The van der Waals surface area contributed by atoms with Crippen LogP contribution in [0.1, 0.15) is 40.5 Å². The fraction of sp³-hybridized carbons (Fsp3) is 0.562. The molecule has 0 heterocycles. The maximum absolute atomic E-state index is 11.9. The molecule has 130 valence electrons. The quantitative estimate of drug-likeness (QED) is 0.432. The number of para-hydroxylation sites is 1. The molecule has 0 fully saturated rings. The zero-order chi connectivity index (χ0) is 17.2. The molecule has 0 aliphatic heterocycles. The van der Waals surface area contributed by atoms with E-state index < -0.39 is 8.53 Å². The van der Waals surface area contributed by atoms with E-state index in [0.717, 1.165) is 16.6 Å². The number of amides is 1. The summed E-state index contributed by atoms with van der Waals surface area (Å²) in [7, 11) is -1.11. The third-order valence-electron chi connectivity index (χ3n) is 2.58. The van der Waals surface area contributed by atoms with Gasteiger partial charge in [-0.05, 0) is 62.2 Å². The van der Waals surface area contributed by atoms with E-state index in [1.807, 2.05) is 52.0 Å². The van der Waals surface area contributed by atoms with Crippen LogP contribution in [0.15, 0.2) is 28.7 Å². The first-order chi connectivity index (χ1) is 10.9. The van der Waals surface area contributed by atoms with Gasteiger partial charge in [0.05, 0.1) is 17.9 Å². The smallest absolute Gasteiger partial charge is 0.256 e. The van der Waals surface area contributed by atoms with Gasteiger partial charge in [-0.3, -0.25) is 9.88 Å². The minimum absolute atomic E-state index is 0.00224. The van der Waals surface area contributed by atoms with E-state index in [4.69, 9.17) is 9.05 Å². The van der Waals surface area contributed by atoms with Gasteiger partial charge in [0.2, 0.25) is 5.91 Å². The largest absolute Gasteiger partial charge is 0.325 e. The molecule has 0 aromatic heterocycles. The molecule has 0 aliphatic carbocycles. The van der Waals surface area contributed by atoms with Gasteiger partial charge in [0, 0.05) is 17.4 Å². The molecule has 0 bridgehead atoms. The second-order valence-electron chi connectivity index (χ2n) is 5.61. The molecule has 0 atom stereocenters. The first-order valence-corrected chi connectivity index (χ1v) is 9.77. The summed E-state index contributed by atoms with van der Waals surface area (Å²) >= 11 is 3.41. The van der Waals surface area contributed by atoms with Gasteiger partial charge in [-0.15, -0.1) is 0 Å². The number of carbonyl (C=O) groups excluding carboxylic acids is 1. The van der Waals surface area contributed by atoms with Crippen molar-refractivity contribution in [3.05, 3.63) is 28.7 Å². The lowest BCUT2D eigenvalue weighted by atomic mass is 10.2. The van der Waals surface area contributed by atoms with Crippen LogP contribution < -0.4 is 10.4 Å². The highest BCUT2D eigenvalue weighted by Gasteiger charge is 2.14. The molecule has 0 saturated carbocycles. The first-order valence-electron chi connectivity index (χ1n) is 7.80. The van der Waals surface area contributed by atoms with Crippen LogP contribution in [0.3, 0.4) is 0 Å². The van der Waals surface area contributed by atoms with Crippen molar-refractivity contribution in [1.82, 2.24) is 5.09 Å². The molecule has 0 radical (unpaired) electrons. The summed E-state index contributed by atoms with van der Waals surface area (Å²) in [6, 6.07) is 7.57. The van der Waals surface area contributed by atoms with Crippen molar-refractivity contribution < 1.29 is 13.8 Å². The fourth-order valence-electron chi connectivity index (χ4n) is 1.68. The minimum atomic E-state index is -1.11. The molecule has 7 heteroatoms. The van der Waals surface area contributed by atoms with E-state index in [1.54, 1.807) is 0 Å². The number of anilines is 1. The van der Waals surface area contributed by atoms with Crippen LogP contribution in [0.25, 0.3) is 0 Å². The summed E-state index contributed by atoms with van der Waals surface area (Å²) in [4.78, 5) is 11.9. The molecule has 1 amide bonds. The number of carbonyl (C=O) groups is 1. The van der Waals surface area contributed by atoms with Crippen LogP contribution in [0, 0.1) is 0 Å². The van der Waals surface area contributed by atoms with E-state index in [2.05, 4.69) is 26.3 Å². The van der Waals surface area contributed by atoms with E-state index in [-0.39, 0.29) is 18.1 Å². The zero-order valence-electron chi connectivity index (χ0n) is 14.1. The van der Waals surface area contributed by atoms with Crippen molar-refractivity contribution in [3.8, 4) is 0 Å². The van der Waals surface area contributed by atoms with Crippen molar-refractivity contribution >= 4 is 36.1 Å². The first kappa shape index (κ1) is 20.5. The number of hydrogen-bond acceptors (Lipinski definition) is 4. The Hall–Kier alpha value is -0.520. The Morgan fingerprint density at radius 3 is 2.35 bits per heavy atom. The number of nitrogens with one attached hydrogen (secondary N) is 2. The predicted octanol–water partition coefficient (Wildman–Crippen LogP) is 4.83. The minimum Gasteiger partial charge on any atom is -0.325 e. The van der Waals surface area contributed by atoms with Gasteiger partial charge < -0.3 is 14.4 Å². The summed E-state index contributed by atoms with van der Waals surface area (Å²) in [5, 5.41) is 6.14. The summed E-state index contributed by atoms with van der Waals surface area (Å²) in [6.07, 6.45) is 1.37. The Labute approximate surface area is 148 Å². The van der Waals surface area contributed by atoms with Crippen LogP contribution in [-0.4, -0.2) is 24.7 Å². The van der Waals surface area contributed by atoms with E-state index in [1.165, 1.54) is 0 Å². The van der Waals surface area contributed by atoms with Gasteiger partial charge in [0.15, 0.2) is 0 Å². The van der Waals surface area contributed by atoms with Gasteiger partial charge in [-0.1, -0.05) is 12.1 Å². The summed E-state index contributed by atoms with van der Waals surface area (Å²) in [6.45, 7) is 8.59. The normalized spacial score (nSPS) is 11.5. The lowest BCUT2D eigenvalue weighted by molar-refractivity contribution is -0.116. The Kier molecular flexibility index (Phi) is 9.91. The van der Waals surface area contributed by atoms with Gasteiger partial charge >= 0.3 is 0 Å². The van der Waals surface area contributed by atoms with E-state index >= 15 is 0 Å². The standard InChI is InChI=1S/C16H26BrN2O3P/c1-12(2)21-23(22-13(3)4)18-11-7-10-16(20)19-15-9-6-5-8-14(15)17/h5-6,8-9,12-13,18H,7,10-11H2,1-4H3,(H,19,20). The molecule has 23 heavy (non-hydrogen) atoms. The topological polar surface area (TPSA) is 59.6 Å². The molecule has 0 aliphatic rings. The van der Waals surface area contributed by atoms with Crippen molar-refractivity contribution in [1.29, 1.82) is 0 Å². The van der Waals surface area contributed by atoms with Gasteiger partial charge in [-0.25, -0.2) is 0 Å². The summed E-state index contributed by atoms with van der Waals surface area (Å²) in [5.41, 5.74) is 0.791. The molecular formula is C16H26BrN2O3P. The second-order valence-corrected chi connectivity index (χ2v) is 7.71. The third kappa shape index (κ3) is 9.38. The van der Waals surface area contributed by atoms with E-state index in [9.17, 15) is 4.79 Å². The van der Waals surface area contributed by atoms with Crippen LogP contribution in [-0.2, 0) is 13.8 Å². The average molecular weight is 405 g/mol. The monoisotopic (exact) mass is 404 g/mol. The Balaban J connectivity index is 2.29. The number of rotatable bonds is 10. The maximum atomic E-state index is 11.9. The van der Waals surface area contributed by atoms with Crippen molar-refractivity contribution in [2.45, 2.75) is 52.7 Å². The molecule has 1 rings (SSSR count). The maximum Gasteiger partial charge on any atom is 0.256 e. The second kappa shape index (κ2) is 11.1. The average Bonchev–Trinajstić information content (AvgIpc) is 2.44. The molecule has 0 spiro atoms. The summed E-state index contributed by atoms with van der Waals surface area (Å²) < 4.78 is 12.3.